The van der Waals surface area contributed by atoms with Crippen molar-refractivity contribution in [2.75, 3.05) is 5.75 Å². The largest absolute Gasteiger partial charge is 0.480 e. The van der Waals surface area contributed by atoms with E-state index in [1.165, 1.54) is 12.5 Å². The van der Waals surface area contributed by atoms with Crippen LogP contribution in [0.1, 0.15) is 16.8 Å². The molecule has 39 heavy (non-hydrogen) atoms. The normalized spacial score (nSPS) is 13.9. The lowest BCUT2D eigenvalue weighted by atomic mass is 10.0. The predicted molar refractivity (Wildman–Crippen MR) is 148 cm³/mol. The van der Waals surface area contributed by atoms with Gasteiger partial charge in [0.25, 0.3) is 0 Å². The molecule has 0 aliphatic carbocycles. The molecule has 1 aromatic heterocycles. The summed E-state index contributed by atoms with van der Waals surface area (Å²) in [7, 11) is 0. The molecule has 3 amide bonds. The molecule has 3 rings (SSSR count). The monoisotopic (exact) mass is 552 g/mol. The zero-order valence-corrected chi connectivity index (χ0v) is 22.0. The number of aromatic nitrogens is 2. The van der Waals surface area contributed by atoms with Crippen molar-refractivity contribution in [3.63, 3.8) is 0 Å². The molecule has 0 bridgehead atoms. The van der Waals surface area contributed by atoms with Crippen molar-refractivity contribution >= 4 is 36.3 Å². The Morgan fingerprint density at radius 3 is 1.77 bits per heavy atom. The molecule has 0 saturated carbocycles. The van der Waals surface area contributed by atoms with Gasteiger partial charge in [-0.25, -0.2) is 9.78 Å². The van der Waals surface area contributed by atoms with Gasteiger partial charge in [-0.05, 0) is 11.1 Å². The molecular weight excluding hydrogens is 520 g/mol. The maximum Gasteiger partial charge on any atom is 0.326 e. The van der Waals surface area contributed by atoms with E-state index < -0.39 is 47.9 Å². The van der Waals surface area contributed by atoms with Crippen LogP contribution in [0.4, 0.5) is 0 Å². The Morgan fingerprint density at radius 1 is 0.795 bits per heavy atom. The number of amides is 3. The van der Waals surface area contributed by atoms with Gasteiger partial charge in [-0.2, -0.15) is 12.6 Å². The summed E-state index contributed by atoms with van der Waals surface area (Å²) in [4.78, 5) is 58.1. The summed E-state index contributed by atoms with van der Waals surface area (Å²) in [6, 6.07) is 13.5. The molecule has 0 saturated heterocycles. The van der Waals surface area contributed by atoms with Gasteiger partial charge in [0, 0.05) is 36.9 Å². The second kappa shape index (κ2) is 14.7. The number of aromatic amines is 1. The van der Waals surface area contributed by atoms with Crippen molar-refractivity contribution < 1.29 is 24.3 Å². The molecule has 3 aromatic rings. The number of H-pyrrole nitrogens is 1. The van der Waals surface area contributed by atoms with Crippen molar-refractivity contribution in [2.24, 2.45) is 5.73 Å². The van der Waals surface area contributed by atoms with Crippen LogP contribution < -0.4 is 21.7 Å². The molecule has 0 radical (unpaired) electrons. The van der Waals surface area contributed by atoms with Gasteiger partial charge in [0.05, 0.1) is 12.4 Å². The van der Waals surface area contributed by atoms with Crippen LogP contribution in [0, 0.1) is 0 Å². The molecular formula is C27H32N6O5S. The topological polar surface area (TPSA) is 179 Å². The van der Waals surface area contributed by atoms with Crippen LogP contribution in [0.5, 0.6) is 0 Å². The Morgan fingerprint density at radius 2 is 1.28 bits per heavy atom. The average Bonchev–Trinajstić information content (AvgIpc) is 3.45. The van der Waals surface area contributed by atoms with Gasteiger partial charge in [-0.3, -0.25) is 14.4 Å². The van der Waals surface area contributed by atoms with Crippen molar-refractivity contribution in [3.05, 3.63) is 90.0 Å². The third-order valence-corrected chi connectivity index (χ3v) is 6.35. The Kier molecular flexibility index (Phi) is 11.1. The van der Waals surface area contributed by atoms with Crippen LogP contribution in [0.3, 0.4) is 0 Å². The smallest absolute Gasteiger partial charge is 0.326 e. The van der Waals surface area contributed by atoms with Gasteiger partial charge in [0.1, 0.15) is 18.1 Å². The number of imidazole rings is 1. The minimum Gasteiger partial charge on any atom is -0.480 e. The van der Waals surface area contributed by atoms with E-state index in [4.69, 9.17) is 5.73 Å². The number of hydrogen-bond donors (Lipinski definition) is 7. The molecule has 0 aliphatic rings. The molecule has 11 nitrogen and oxygen atoms in total. The first kappa shape index (κ1) is 29.4. The van der Waals surface area contributed by atoms with Crippen molar-refractivity contribution in [3.8, 4) is 0 Å². The van der Waals surface area contributed by atoms with Gasteiger partial charge in [0.15, 0.2) is 0 Å². The number of hydrogen-bond acceptors (Lipinski definition) is 7. The van der Waals surface area contributed by atoms with Crippen LogP contribution in [0.2, 0.25) is 0 Å². The van der Waals surface area contributed by atoms with E-state index in [2.05, 4.69) is 38.5 Å². The van der Waals surface area contributed by atoms with E-state index in [0.717, 1.165) is 11.1 Å². The first-order chi connectivity index (χ1) is 18.8. The highest BCUT2D eigenvalue weighted by atomic mass is 32.1. The second-order valence-corrected chi connectivity index (χ2v) is 9.34. The van der Waals surface area contributed by atoms with Crippen molar-refractivity contribution in [2.45, 2.75) is 43.4 Å². The predicted octanol–water partition coefficient (Wildman–Crippen LogP) is 0.234. The third-order valence-electron chi connectivity index (χ3n) is 5.96. The van der Waals surface area contributed by atoms with E-state index in [1.807, 2.05) is 12.1 Å². The molecule has 206 valence electrons. The quantitative estimate of drug-likeness (QED) is 0.140. The Labute approximate surface area is 231 Å². The summed E-state index contributed by atoms with van der Waals surface area (Å²) in [6.07, 6.45) is 3.17. The number of benzene rings is 2. The molecule has 12 heteroatoms. The van der Waals surface area contributed by atoms with Crippen LogP contribution >= 0.6 is 12.6 Å². The summed E-state index contributed by atoms with van der Waals surface area (Å²) in [5.74, 6) is -3.03. The molecule has 7 N–H and O–H groups in total. The van der Waals surface area contributed by atoms with Gasteiger partial charge >= 0.3 is 5.97 Å². The number of carboxylic acids is 1. The average molecular weight is 553 g/mol. The minimum atomic E-state index is -1.22. The fourth-order valence-electron chi connectivity index (χ4n) is 3.84. The van der Waals surface area contributed by atoms with E-state index in [9.17, 15) is 24.3 Å². The highest BCUT2D eigenvalue weighted by Crippen LogP contribution is 2.08. The molecule has 1 heterocycles. The third kappa shape index (κ3) is 9.27. The zero-order chi connectivity index (χ0) is 28.2. The summed E-state index contributed by atoms with van der Waals surface area (Å²) >= 11 is 4.04. The lowest BCUT2D eigenvalue weighted by Crippen LogP contribution is -2.58. The first-order valence-electron chi connectivity index (χ1n) is 12.3. The minimum absolute atomic E-state index is 0.0578. The van der Waals surface area contributed by atoms with Crippen LogP contribution in [-0.4, -0.2) is 68.7 Å². The van der Waals surface area contributed by atoms with Gasteiger partial charge < -0.3 is 31.8 Å². The lowest BCUT2D eigenvalue weighted by Gasteiger charge is -2.25. The number of thiol groups is 1. The maximum atomic E-state index is 13.4. The highest BCUT2D eigenvalue weighted by Gasteiger charge is 2.31. The molecule has 2 aromatic carbocycles. The van der Waals surface area contributed by atoms with Crippen molar-refractivity contribution in [1.82, 2.24) is 25.9 Å². The van der Waals surface area contributed by atoms with Crippen molar-refractivity contribution in [1.29, 1.82) is 0 Å². The number of carbonyl (C=O) groups is 4. The Bertz CT molecular complexity index is 1230. The van der Waals surface area contributed by atoms with E-state index in [1.54, 1.807) is 48.5 Å². The zero-order valence-electron chi connectivity index (χ0n) is 21.1. The number of aliphatic carboxylic acids is 1. The number of nitrogens with two attached hydrogens (primary N) is 1. The Hall–Kier alpha value is -4.16. The lowest BCUT2D eigenvalue weighted by molar-refractivity contribution is -0.142. The maximum absolute atomic E-state index is 13.4. The van der Waals surface area contributed by atoms with Gasteiger partial charge in [-0.1, -0.05) is 60.7 Å². The number of rotatable bonds is 14. The first-order valence-corrected chi connectivity index (χ1v) is 13.0. The molecule has 0 aliphatic heterocycles. The van der Waals surface area contributed by atoms with E-state index in [0.29, 0.717) is 5.69 Å². The van der Waals surface area contributed by atoms with Crippen LogP contribution in [-0.2, 0) is 38.4 Å². The van der Waals surface area contributed by atoms with E-state index in [-0.39, 0.29) is 25.0 Å². The molecule has 0 spiro atoms. The van der Waals surface area contributed by atoms with Gasteiger partial charge in [-0.15, -0.1) is 0 Å². The second-order valence-electron chi connectivity index (χ2n) is 8.97. The van der Waals surface area contributed by atoms with Crippen LogP contribution in [0.25, 0.3) is 0 Å². The molecule has 4 atom stereocenters. The van der Waals surface area contributed by atoms with E-state index >= 15 is 0 Å². The van der Waals surface area contributed by atoms with Crippen LogP contribution in [0.15, 0.2) is 73.2 Å². The number of carbonyl (C=O) groups excluding carboxylic acids is 3. The molecule has 4 unspecified atom stereocenters. The summed E-state index contributed by atoms with van der Waals surface area (Å²) in [6.45, 7) is 0. The van der Waals surface area contributed by atoms with Gasteiger partial charge in [0.2, 0.25) is 17.7 Å². The SMILES string of the molecule is NC(CS)C(=O)NC(Cc1cnc[nH]1)C(=O)NC(Cc1ccccc1)C(=O)NC(Cc1ccccc1)C(=O)O. The number of nitrogens with zero attached hydrogens (tertiary/aromatic N) is 1. The summed E-state index contributed by atoms with van der Waals surface area (Å²) < 4.78 is 0. The highest BCUT2D eigenvalue weighted by molar-refractivity contribution is 7.80. The standard InChI is InChI=1S/C27H32N6O5S/c28-20(15-39)24(34)31-22(13-19-14-29-16-30-19)26(36)32-21(11-17-7-3-1-4-8-17)25(35)33-23(27(37)38)12-18-9-5-2-6-10-18/h1-10,14,16,20-23,39H,11-13,15,28H2,(H,29,30)(H,31,34)(H,32,36)(H,33,35)(H,37,38). The Balaban J connectivity index is 1.81. The summed E-state index contributed by atoms with van der Waals surface area (Å²) in [5, 5.41) is 17.6. The fourth-order valence-corrected chi connectivity index (χ4v) is 4.01. The fraction of sp³-hybridized carbons (Fsp3) is 0.296. The molecule has 0 fully saturated rings. The summed E-state index contributed by atoms with van der Waals surface area (Å²) in [5.41, 5.74) is 7.84. The number of carboxylic acid groups (broad SMARTS) is 1. The number of nitrogens with one attached hydrogen (secondary N) is 4.